The molecule has 3 aliphatic heterocycles. The van der Waals surface area contributed by atoms with Gasteiger partial charge in [0.15, 0.2) is 0 Å². The van der Waals surface area contributed by atoms with Crippen LogP contribution in [-0.2, 0) is 26.4 Å². The lowest BCUT2D eigenvalue weighted by Crippen LogP contribution is -2.54. The number of esters is 1. The molecule has 2 fully saturated rings. The van der Waals surface area contributed by atoms with E-state index >= 15 is 0 Å². The van der Waals surface area contributed by atoms with Crippen molar-refractivity contribution in [2.24, 2.45) is 5.92 Å². The molecule has 3 aliphatic rings. The number of nitro benzene ring substituents is 1. The van der Waals surface area contributed by atoms with E-state index in [1.54, 1.807) is 18.2 Å². The van der Waals surface area contributed by atoms with E-state index in [4.69, 9.17) is 32.7 Å². The Hall–Kier alpha value is -3.58. The van der Waals surface area contributed by atoms with Gasteiger partial charge >= 0.3 is 5.97 Å². The fraction of sp³-hybridized carbons (Fsp3) is 0.394. The van der Waals surface area contributed by atoms with Gasteiger partial charge in [-0.15, -0.1) is 0 Å². The molecule has 0 saturated carbocycles. The summed E-state index contributed by atoms with van der Waals surface area (Å²) in [5, 5.41) is 30.7. The zero-order chi connectivity index (χ0) is 32.6. The number of nitro groups is 1. The smallest absolute Gasteiger partial charge is 0.338 e. The molecule has 0 aromatic heterocycles. The lowest BCUT2D eigenvalue weighted by Gasteiger charge is -2.41. The maximum absolute atomic E-state index is 14.5. The molecule has 46 heavy (non-hydrogen) atoms. The van der Waals surface area contributed by atoms with Crippen LogP contribution in [0.25, 0.3) is 0 Å². The first kappa shape index (κ1) is 32.4. The van der Waals surface area contributed by atoms with Crippen LogP contribution in [0.4, 0.5) is 11.4 Å². The number of methoxy groups -OCH3 is 1. The van der Waals surface area contributed by atoms with Gasteiger partial charge < -0.3 is 25.2 Å². The van der Waals surface area contributed by atoms with Crippen LogP contribution >= 0.6 is 23.2 Å². The maximum atomic E-state index is 14.5. The number of benzene rings is 3. The number of nitrogens with zero attached hydrogens (tertiary/aromatic N) is 2. The summed E-state index contributed by atoms with van der Waals surface area (Å²) < 4.78 is 10.6. The van der Waals surface area contributed by atoms with Gasteiger partial charge in [0.1, 0.15) is 5.54 Å². The number of aliphatic hydroxyl groups is 1. The van der Waals surface area contributed by atoms with Crippen LogP contribution in [0.5, 0.6) is 0 Å². The van der Waals surface area contributed by atoms with Crippen molar-refractivity contribution in [3.63, 3.8) is 0 Å². The van der Waals surface area contributed by atoms with Crippen LogP contribution < -0.4 is 10.6 Å². The van der Waals surface area contributed by atoms with Gasteiger partial charge in [0.25, 0.3) is 5.69 Å². The van der Waals surface area contributed by atoms with Gasteiger partial charge in [-0.3, -0.25) is 19.8 Å². The number of halogens is 2. The fourth-order valence-electron chi connectivity index (χ4n) is 7.48. The van der Waals surface area contributed by atoms with Crippen LogP contribution in [-0.4, -0.2) is 72.4 Å². The van der Waals surface area contributed by atoms with Crippen LogP contribution in [0.3, 0.4) is 0 Å². The second-order valence-corrected chi connectivity index (χ2v) is 12.8. The first-order valence-electron chi connectivity index (χ1n) is 15.1. The highest BCUT2D eigenvalue weighted by Gasteiger charge is 2.66. The number of ether oxygens (including phenoxy) is 2. The van der Waals surface area contributed by atoms with Gasteiger partial charge in [0.05, 0.1) is 36.9 Å². The normalized spacial score (nSPS) is 25.8. The first-order valence-corrected chi connectivity index (χ1v) is 15.9. The molecule has 3 aromatic rings. The number of hydrogen-bond donors (Lipinski definition) is 3. The molecule has 11 nitrogen and oxygen atoms in total. The van der Waals surface area contributed by atoms with Crippen molar-refractivity contribution in [2.75, 3.05) is 38.8 Å². The van der Waals surface area contributed by atoms with Crippen molar-refractivity contribution in [3.8, 4) is 0 Å². The van der Waals surface area contributed by atoms with E-state index in [0.717, 1.165) is 24.0 Å². The number of amides is 1. The van der Waals surface area contributed by atoms with E-state index in [1.165, 1.54) is 25.3 Å². The topological polar surface area (TPSA) is 143 Å². The lowest BCUT2D eigenvalue weighted by molar-refractivity contribution is -0.385. The van der Waals surface area contributed by atoms with Crippen molar-refractivity contribution < 1.29 is 29.1 Å². The molecule has 0 aliphatic carbocycles. The van der Waals surface area contributed by atoms with Gasteiger partial charge in [0.2, 0.25) is 5.91 Å². The molecule has 2 saturated heterocycles. The maximum Gasteiger partial charge on any atom is 0.338 e. The van der Waals surface area contributed by atoms with Gasteiger partial charge in [-0.25, -0.2) is 4.79 Å². The van der Waals surface area contributed by atoms with Gasteiger partial charge in [-0.05, 0) is 54.7 Å². The highest BCUT2D eigenvalue weighted by molar-refractivity contribution is 6.31. The van der Waals surface area contributed by atoms with Crippen molar-refractivity contribution in [1.82, 2.24) is 10.2 Å². The third-order valence-corrected chi connectivity index (χ3v) is 9.87. The molecule has 3 aromatic carbocycles. The average molecular weight is 670 g/mol. The highest BCUT2D eigenvalue weighted by Crippen LogP contribution is 2.57. The number of anilines is 1. The van der Waals surface area contributed by atoms with E-state index in [9.17, 15) is 24.8 Å². The summed E-state index contributed by atoms with van der Waals surface area (Å²) in [6.07, 6.45) is 1.79. The summed E-state index contributed by atoms with van der Waals surface area (Å²) in [6.45, 7) is 1.38. The summed E-state index contributed by atoms with van der Waals surface area (Å²) in [6, 6.07) is 15.6. The molecule has 1 amide bonds. The molecule has 13 heteroatoms. The third-order valence-electron chi connectivity index (χ3n) is 9.40. The van der Waals surface area contributed by atoms with Gasteiger partial charge in [-0.2, -0.15) is 0 Å². The Morgan fingerprint density at radius 3 is 2.70 bits per heavy atom. The number of aliphatic hydroxyl groups excluding tert-OH is 1. The Bertz CT molecular complexity index is 1670. The molecule has 242 valence electrons. The minimum atomic E-state index is -1.28. The molecular formula is C33H34Cl2N4O7. The number of carbonyl (C=O) groups is 2. The Balaban J connectivity index is 1.50. The minimum absolute atomic E-state index is 0.0154. The zero-order valence-corrected chi connectivity index (χ0v) is 26.6. The number of rotatable bonds is 9. The Morgan fingerprint density at radius 1 is 1.20 bits per heavy atom. The number of nitrogens with one attached hydrogen (secondary N) is 2. The van der Waals surface area contributed by atoms with Crippen molar-refractivity contribution in [3.05, 3.63) is 103 Å². The molecule has 0 radical (unpaired) electrons. The lowest BCUT2D eigenvalue weighted by atomic mass is 9.73. The summed E-state index contributed by atoms with van der Waals surface area (Å²) in [5.41, 5.74) is 0.919. The van der Waals surface area contributed by atoms with E-state index < -0.39 is 34.4 Å². The van der Waals surface area contributed by atoms with Crippen molar-refractivity contribution >= 4 is 46.5 Å². The SMILES string of the molecule is COC(=O)c1ccc(CN[C@@H]2[C@H](CO)N(CC3CCCOC3)[C@@]3(C(=O)Nc4cc(Cl)ccc43)[C@H]2c2cccc(Cl)c2)c([N+](=O)[O-])c1. The predicted molar refractivity (Wildman–Crippen MR) is 172 cm³/mol. The Labute approximate surface area is 275 Å². The number of hydrogen-bond acceptors (Lipinski definition) is 9. The quantitative estimate of drug-likeness (QED) is 0.165. The van der Waals surface area contributed by atoms with E-state index in [-0.39, 0.29) is 36.2 Å². The van der Waals surface area contributed by atoms with Crippen LogP contribution in [0.1, 0.15) is 45.8 Å². The summed E-state index contributed by atoms with van der Waals surface area (Å²) in [5.74, 6) is -1.43. The Morgan fingerprint density at radius 2 is 2.00 bits per heavy atom. The summed E-state index contributed by atoms with van der Waals surface area (Å²) in [4.78, 5) is 40.3. The second kappa shape index (κ2) is 13.3. The van der Waals surface area contributed by atoms with E-state index in [0.29, 0.717) is 41.1 Å². The molecule has 3 N–H and O–H groups in total. The molecule has 3 heterocycles. The summed E-state index contributed by atoms with van der Waals surface area (Å²) in [7, 11) is 1.21. The van der Waals surface area contributed by atoms with Crippen molar-refractivity contribution in [2.45, 2.75) is 42.9 Å². The standard InChI is InChI=1S/C33H34Cl2N4O7/c1-45-31(41)21-7-8-22(27(13-21)39(43)44)15-36-30-28(17-40)38(16-19-4-3-11-46-18-19)33(29(30)20-5-2-6-23(34)12-20)25-10-9-24(35)14-26(25)37-32(33)42/h2,5-10,12-14,19,28-30,36,40H,3-4,11,15-18H2,1H3,(H,37,42)/t19?,28-,29-,30+,33+/m0/s1. The molecule has 5 atom stereocenters. The van der Waals surface area contributed by atoms with Crippen LogP contribution in [0.15, 0.2) is 60.7 Å². The summed E-state index contributed by atoms with van der Waals surface area (Å²) >= 11 is 12.9. The average Bonchev–Trinajstić information content (AvgIpc) is 3.49. The largest absolute Gasteiger partial charge is 0.465 e. The monoisotopic (exact) mass is 668 g/mol. The molecular weight excluding hydrogens is 635 g/mol. The first-order chi connectivity index (χ1) is 22.2. The Kier molecular flexibility index (Phi) is 9.33. The van der Waals surface area contributed by atoms with Crippen LogP contribution in [0, 0.1) is 16.0 Å². The molecule has 1 unspecified atom stereocenters. The highest BCUT2D eigenvalue weighted by atomic mass is 35.5. The number of likely N-dealkylation sites (tertiary alicyclic amines) is 1. The molecule has 6 rings (SSSR count). The van der Waals surface area contributed by atoms with Crippen LogP contribution in [0.2, 0.25) is 10.0 Å². The van der Waals surface area contributed by atoms with E-state index in [1.807, 2.05) is 24.3 Å². The van der Waals surface area contributed by atoms with Gasteiger partial charge in [-0.1, -0.05) is 47.5 Å². The number of fused-ring (bicyclic) bond motifs is 2. The van der Waals surface area contributed by atoms with Gasteiger partial charge in [0, 0.05) is 64.6 Å². The number of carbonyl (C=O) groups excluding carboxylic acids is 2. The minimum Gasteiger partial charge on any atom is -0.465 e. The zero-order valence-electron chi connectivity index (χ0n) is 25.1. The predicted octanol–water partition coefficient (Wildman–Crippen LogP) is 4.88. The second-order valence-electron chi connectivity index (χ2n) is 11.9. The van der Waals surface area contributed by atoms with Crippen molar-refractivity contribution in [1.29, 1.82) is 0 Å². The molecule has 1 spiro atoms. The third kappa shape index (κ3) is 5.65. The fourth-order valence-corrected chi connectivity index (χ4v) is 7.85. The molecule has 0 bridgehead atoms. The van der Waals surface area contributed by atoms with E-state index in [2.05, 4.69) is 15.5 Å².